The second kappa shape index (κ2) is 10.8. The zero-order valence-corrected chi connectivity index (χ0v) is 20.9. The van der Waals surface area contributed by atoms with Crippen LogP contribution in [0.3, 0.4) is 0 Å². The molecule has 0 spiro atoms. The minimum atomic E-state index is -4.02. The Bertz CT molecular complexity index is 1530. The Morgan fingerprint density at radius 3 is 1.94 bits per heavy atom. The number of carbonyl (C=O) groups is 2. The van der Waals surface area contributed by atoms with Crippen molar-refractivity contribution < 1.29 is 18.0 Å². The number of hydrogen-bond acceptors (Lipinski definition) is 4. The van der Waals surface area contributed by atoms with Crippen LogP contribution in [0.5, 0.6) is 0 Å². The van der Waals surface area contributed by atoms with Gasteiger partial charge < -0.3 is 10.6 Å². The average molecular weight is 540 g/mol. The molecule has 0 aliphatic heterocycles. The first kappa shape index (κ1) is 25.2. The van der Waals surface area contributed by atoms with Gasteiger partial charge in [-0.1, -0.05) is 53.5 Å². The van der Waals surface area contributed by atoms with E-state index >= 15 is 0 Å². The van der Waals surface area contributed by atoms with Crippen LogP contribution in [0.15, 0.2) is 102 Å². The highest BCUT2D eigenvalue weighted by Gasteiger charge is 2.21. The van der Waals surface area contributed by atoms with Crippen molar-refractivity contribution in [1.82, 2.24) is 0 Å². The number of amides is 2. The first-order chi connectivity index (χ1) is 17.2. The van der Waals surface area contributed by atoms with E-state index in [4.69, 9.17) is 23.2 Å². The summed E-state index contributed by atoms with van der Waals surface area (Å²) in [5.41, 5.74) is 1.04. The molecule has 2 amide bonds. The summed E-state index contributed by atoms with van der Waals surface area (Å²) in [6.45, 7) is 0. The number of para-hydroxylation sites is 2. The average Bonchev–Trinajstić information content (AvgIpc) is 2.86. The molecule has 4 aromatic carbocycles. The van der Waals surface area contributed by atoms with Crippen LogP contribution in [0.4, 0.5) is 17.1 Å². The smallest absolute Gasteiger partial charge is 0.261 e. The van der Waals surface area contributed by atoms with Gasteiger partial charge in [0.1, 0.15) is 0 Å². The van der Waals surface area contributed by atoms with Crippen molar-refractivity contribution in [2.24, 2.45) is 0 Å². The Morgan fingerprint density at radius 2 is 1.22 bits per heavy atom. The fraction of sp³-hybridized carbons (Fsp3) is 0. The molecule has 0 saturated heterocycles. The van der Waals surface area contributed by atoms with Gasteiger partial charge in [-0.15, -0.1) is 0 Å². The van der Waals surface area contributed by atoms with Crippen molar-refractivity contribution in [3.05, 3.63) is 118 Å². The lowest BCUT2D eigenvalue weighted by Crippen LogP contribution is -2.21. The highest BCUT2D eigenvalue weighted by Crippen LogP contribution is 2.26. The van der Waals surface area contributed by atoms with Gasteiger partial charge in [-0.25, -0.2) is 8.42 Å². The summed E-state index contributed by atoms with van der Waals surface area (Å²) in [4.78, 5) is 26.1. The Morgan fingerprint density at radius 1 is 0.611 bits per heavy atom. The minimum absolute atomic E-state index is 0.0121. The van der Waals surface area contributed by atoms with E-state index in [1.165, 1.54) is 42.5 Å². The molecule has 4 rings (SSSR count). The highest BCUT2D eigenvalue weighted by atomic mass is 35.5. The molecule has 0 saturated carbocycles. The molecule has 0 aliphatic rings. The molecule has 4 aromatic rings. The van der Waals surface area contributed by atoms with Gasteiger partial charge in [0.05, 0.1) is 27.4 Å². The van der Waals surface area contributed by atoms with Gasteiger partial charge in [0, 0.05) is 15.7 Å². The summed E-state index contributed by atoms with van der Waals surface area (Å²) >= 11 is 12.0. The van der Waals surface area contributed by atoms with E-state index in [2.05, 4.69) is 15.4 Å². The van der Waals surface area contributed by atoms with Crippen LogP contribution in [0, 0.1) is 0 Å². The molecule has 0 unspecified atom stereocenters. The van der Waals surface area contributed by atoms with Gasteiger partial charge in [0.25, 0.3) is 21.8 Å². The van der Waals surface area contributed by atoms with E-state index < -0.39 is 21.8 Å². The number of hydrogen-bond donors (Lipinski definition) is 3. The van der Waals surface area contributed by atoms with Gasteiger partial charge in [-0.3, -0.25) is 14.3 Å². The summed E-state index contributed by atoms with van der Waals surface area (Å²) in [5.74, 6) is -1.09. The van der Waals surface area contributed by atoms with E-state index in [9.17, 15) is 18.0 Å². The molecule has 3 N–H and O–H groups in total. The van der Waals surface area contributed by atoms with E-state index in [1.54, 1.807) is 48.5 Å². The van der Waals surface area contributed by atoms with E-state index in [0.717, 1.165) is 0 Å². The quantitative estimate of drug-likeness (QED) is 0.256. The molecule has 0 atom stereocenters. The van der Waals surface area contributed by atoms with Crippen molar-refractivity contribution >= 4 is 62.1 Å². The fourth-order valence-electron chi connectivity index (χ4n) is 3.31. The lowest BCUT2D eigenvalue weighted by atomic mass is 10.1. The lowest BCUT2D eigenvalue weighted by molar-refractivity contribution is 0.102. The molecule has 0 fully saturated rings. The molecule has 0 heterocycles. The maximum Gasteiger partial charge on any atom is 0.261 e. The first-order valence-electron chi connectivity index (χ1n) is 10.6. The number of benzene rings is 4. The Hall–Kier alpha value is -3.85. The standard InChI is InChI=1S/C26H19Cl2N3O4S/c27-17-10-13-20(14-11-17)36(34,35)31-24-15-12-18(28)16-22(24)26(33)30-23-9-5-4-8-21(23)25(32)29-19-6-2-1-3-7-19/h1-16,31H,(H,29,32)(H,30,33). The van der Waals surface area contributed by atoms with Crippen molar-refractivity contribution in [2.75, 3.05) is 15.4 Å². The molecular weight excluding hydrogens is 521 g/mol. The highest BCUT2D eigenvalue weighted by molar-refractivity contribution is 7.92. The SMILES string of the molecule is O=C(Nc1ccccc1)c1ccccc1NC(=O)c1cc(Cl)ccc1NS(=O)(=O)c1ccc(Cl)cc1. The van der Waals surface area contributed by atoms with Crippen LogP contribution in [0.2, 0.25) is 10.0 Å². The summed E-state index contributed by atoms with van der Waals surface area (Å²) in [6, 6.07) is 25.1. The third-order valence-electron chi connectivity index (χ3n) is 5.05. The van der Waals surface area contributed by atoms with Crippen molar-refractivity contribution in [1.29, 1.82) is 0 Å². The monoisotopic (exact) mass is 539 g/mol. The first-order valence-corrected chi connectivity index (χ1v) is 12.8. The van der Waals surface area contributed by atoms with Crippen molar-refractivity contribution in [2.45, 2.75) is 4.90 Å². The van der Waals surface area contributed by atoms with Gasteiger partial charge in [0.15, 0.2) is 0 Å². The Labute approximate surface area is 218 Å². The maximum absolute atomic E-state index is 13.2. The van der Waals surface area contributed by atoms with Crippen LogP contribution in [0.25, 0.3) is 0 Å². The van der Waals surface area contributed by atoms with Gasteiger partial charge in [0.2, 0.25) is 0 Å². The Kier molecular flexibility index (Phi) is 7.59. The maximum atomic E-state index is 13.2. The van der Waals surface area contributed by atoms with Crippen molar-refractivity contribution in [3.63, 3.8) is 0 Å². The summed E-state index contributed by atoms with van der Waals surface area (Å²) in [6.07, 6.45) is 0. The topological polar surface area (TPSA) is 104 Å². The van der Waals surface area contributed by atoms with Gasteiger partial charge in [-0.2, -0.15) is 0 Å². The Balaban J connectivity index is 1.60. The number of halogens is 2. The summed E-state index contributed by atoms with van der Waals surface area (Å²) < 4.78 is 28.2. The van der Waals surface area contributed by atoms with Crippen LogP contribution in [-0.2, 0) is 10.0 Å². The fourth-order valence-corrected chi connectivity index (χ4v) is 4.69. The van der Waals surface area contributed by atoms with Crippen LogP contribution in [0.1, 0.15) is 20.7 Å². The lowest BCUT2D eigenvalue weighted by Gasteiger charge is -2.15. The van der Waals surface area contributed by atoms with E-state index in [-0.39, 0.29) is 32.4 Å². The number of rotatable bonds is 7. The largest absolute Gasteiger partial charge is 0.322 e. The molecule has 10 heteroatoms. The number of nitrogens with one attached hydrogen (secondary N) is 3. The number of carbonyl (C=O) groups excluding carboxylic acids is 2. The number of anilines is 3. The van der Waals surface area contributed by atoms with Crippen LogP contribution in [-0.4, -0.2) is 20.2 Å². The predicted octanol–water partition coefficient (Wildman–Crippen LogP) is 6.30. The summed E-state index contributed by atoms with van der Waals surface area (Å²) in [7, 11) is -4.02. The molecule has 36 heavy (non-hydrogen) atoms. The zero-order valence-electron chi connectivity index (χ0n) is 18.5. The van der Waals surface area contributed by atoms with E-state index in [0.29, 0.717) is 10.7 Å². The predicted molar refractivity (Wildman–Crippen MR) is 143 cm³/mol. The normalized spacial score (nSPS) is 10.9. The van der Waals surface area contributed by atoms with Gasteiger partial charge >= 0.3 is 0 Å². The minimum Gasteiger partial charge on any atom is -0.322 e. The summed E-state index contributed by atoms with van der Waals surface area (Å²) in [5, 5.41) is 6.07. The van der Waals surface area contributed by atoms with Crippen LogP contribution < -0.4 is 15.4 Å². The van der Waals surface area contributed by atoms with Gasteiger partial charge in [-0.05, 0) is 66.7 Å². The molecular formula is C26H19Cl2N3O4S. The van der Waals surface area contributed by atoms with Crippen LogP contribution >= 0.6 is 23.2 Å². The molecule has 0 aromatic heterocycles. The number of sulfonamides is 1. The zero-order chi connectivity index (χ0) is 25.7. The molecule has 0 radical (unpaired) electrons. The third kappa shape index (κ3) is 6.04. The second-order valence-electron chi connectivity index (χ2n) is 7.57. The van der Waals surface area contributed by atoms with E-state index in [1.807, 2.05) is 6.07 Å². The molecule has 0 bridgehead atoms. The molecule has 182 valence electrons. The van der Waals surface area contributed by atoms with Crippen molar-refractivity contribution in [3.8, 4) is 0 Å². The second-order valence-corrected chi connectivity index (χ2v) is 10.1. The molecule has 7 nitrogen and oxygen atoms in total. The molecule has 0 aliphatic carbocycles. The third-order valence-corrected chi connectivity index (χ3v) is 6.91.